The topological polar surface area (TPSA) is 175 Å². The first-order valence-electron chi connectivity index (χ1n) is 17.3. The fourth-order valence-electron chi connectivity index (χ4n) is 5.58. The van der Waals surface area contributed by atoms with Crippen molar-refractivity contribution in [3.63, 3.8) is 0 Å². The van der Waals surface area contributed by atoms with E-state index in [-0.39, 0.29) is 36.2 Å². The molecule has 4 amide bonds. The second kappa shape index (κ2) is 18.5. The van der Waals surface area contributed by atoms with E-state index in [0.717, 1.165) is 46.2 Å². The van der Waals surface area contributed by atoms with Crippen molar-refractivity contribution < 1.29 is 38.9 Å². The zero-order valence-corrected chi connectivity index (χ0v) is 31.5. The minimum atomic E-state index is -0.876. The number of hydrogen-bond donors (Lipinski definition) is 6. The molecule has 2 aromatic carbocycles. The van der Waals surface area contributed by atoms with Crippen LogP contribution in [0.5, 0.6) is 11.5 Å². The van der Waals surface area contributed by atoms with E-state index in [1.807, 2.05) is 27.7 Å². The first kappa shape index (κ1) is 41.7. The lowest BCUT2D eigenvalue weighted by Crippen LogP contribution is -2.49. The van der Waals surface area contributed by atoms with E-state index in [1.165, 1.54) is 0 Å². The highest BCUT2D eigenvalue weighted by molar-refractivity contribution is 5.86. The van der Waals surface area contributed by atoms with Gasteiger partial charge in [0.05, 0.1) is 0 Å². The van der Waals surface area contributed by atoms with E-state index in [4.69, 9.17) is 9.47 Å². The van der Waals surface area contributed by atoms with Gasteiger partial charge in [-0.05, 0) is 140 Å². The molecule has 6 N–H and O–H groups in total. The van der Waals surface area contributed by atoms with Crippen LogP contribution in [0.2, 0.25) is 0 Å². The van der Waals surface area contributed by atoms with Crippen molar-refractivity contribution in [2.75, 3.05) is 13.1 Å². The Morgan fingerprint density at radius 2 is 0.880 bits per heavy atom. The Balaban J connectivity index is 1.90. The van der Waals surface area contributed by atoms with Crippen LogP contribution in [-0.2, 0) is 31.9 Å². The number of nitrogens with one attached hydrogen (secondary N) is 4. The molecule has 278 valence electrons. The van der Waals surface area contributed by atoms with Gasteiger partial charge in [0.2, 0.25) is 11.8 Å². The lowest BCUT2D eigenvalue weighted by atomic mass is 9.95. The number of hydrogen-bond acceptors (Lipinski definition) is 8. The average molecular weight is 699 g/mol. The summed E-state index contributed by atoms with van der Waals surface area (Å²) < 4.78 is 10.8. The first-order valence-corrected chi connectivity index (χ1v) is 17.3. The van der Waals surface area contributed by atoms with Crippen LogP contribution in [0.25, 0.3) is 0 Å². The van der Waals surface area contributed by atoms with Crippen LogP contribution in [0.15, 0.2) is 24.3 Å². The maximum atomic E-state index is 13.2. The molecule has 2 atom stereocenters. The number of rotatable bonds is 15. The molecule has 0 fully saturated rings. The summed E-state index contributed by atoms with van der Waals surface area (Å²) in [5.41, 5.74) is 3.53. The Labute approximate surface area is 297 Å². The van der Waals surface area contributed by atoms with Gasteiger partial charge < -0.3 is 41.0 Å². The fraction of sp³-hybridized carbons (Fsp3) is 0.579. The molecule has 0 radical (unpaired) electrons. The molecule has 2 rings (SSSR count). The molecule has 2 aromatic rings. The van der Waals surface area contributed by atoms with Crippen molar-refractivity contribution in [1.82, 2.24) is 21.3 Å². The van der Waals surface area contributed by atoms with Gasteiger partial charge in [-0.15, -0.1) is 0 Å². The largest absolute Gasteiger partial charge is 0.508 e. The molecule has 0 aromatic heterocycles. The van der Waals surface area contributed by atoms with Gasteiger partial charge in [-0.25, -0.2) is 9.59 Å². The molecule has 0 saturated heterocycles. The molecule has 0 saturated carbocycles. The molecular formula is C38H58N4O8. The highest BCUT2D eigenvalue weighted by Gasteiger charge is 2.27. The molecule has 12 nitrogen and oxygen atoms in total. The van der Waals surface area contributed by atoms with Crippen LogP contribution >= 0.6 is 0 Å². The fourth-order valence-corrected chi connectivity index (χ4v) is 5.58. The molecule has 0 aliphatic carbocycles. The van der Waals surface area contributed by atoms with Gasteiger partial charge in [-0.2, -0.15) is 0 Å². The summed E-state index contributed by atoms with van der Waals surface area (Å²) in [6.07, 6.45) is 2.06. The standard InChI is InChI=1S/C38H58N4O8/c1-23-17-27(43)18-24(2)29(23)21-31(41-35(47)49-37(5,6)7)33(45)39-15-13-11-12-14-16-40-34(46)32(42-36(48)50-38(8,9)10)22-30-25(3)19-28(44)20-26(30)4/h17-20,31-32,43-44H,11-16,21-22H2,1-10H3,(H,39,45)(H,40,46)(H,41,47)(H,42,48)/t31-,32-/m0/s1. The van der Waals surface area contributed by atoms with Crippen molar-refractivity contribution in [3.05, 3.63) is 57.6 Å². The average Bonchev–Trinajstić information content (AvgIpc) is 2.94. The van der Waals surface area contributed by atoms with E-state index in [9.17, 15) is 29.4 Å². The minimum Gasteiger partial charge on any atom is -0.508 e. The number of phenolic OH excluding ortho intramolecular Hbond substituents is 2. The minimum absolute atomic E-state index is 0.140. The molecule has 0 unspecified atom stereocenters. The van der Waals surface area contributed by atoms with Gasteiger partial charge in [-0.3, -0.25) is 9.59 Å². The highest BCUT2D eigenvalue weighted by atomic mass is 16.6. The first-order chi connectivity index (χ1) is 23.1. The third-order valence-electron chi connectivity index (χ3n) is 7.90. The lowest BCUT2D eigenvalue weighted by molar-refractivity contribution is -0.123. The number of benzene rings is 2. The van der Waals surface area contributed by atoms with Gasteiger partial charge in [0.25, 0.3) is 0 Å². The van der Waals surface area contributed by atoms with Crippen LogP contribution in [0, 0.1) is 27.7 Å². The predicted octanol–water partition coefficient (Wildman–Crippen LogP) is 5.70. The van der Waals surface area contributed by atoms with Gasteiger partial charge >= 0.3 is 12.2 Å². The third-order valence-corrected chi connectivity index (χ3v) is 7.90. The maximum Gasteiger partial charge on any atom is 0.408 e. The number of phenols is 2. The number of aryl methyl sites for hydroxylation is 4. The maximum absolute atomic E-state index is 13.2. The summed E-state index contributed by atoms with van der Waals surface area (Å²) in [5, 5.41) is 31.1. The Morgan fingerprint density at radius 3 is 1.16 bits per heavy atom. The Kier molecular flexibility index (Phi) is 15.4. The summed E-state index contributed by atoms with van der Waals surface area (Å²) >= 11 is 0. The molecular weight excluding hydrogens is 640 g/mol. The van der Waals surface area contributed by atoms with Crippen LogP contribution in [-0.4, -0.2) is 70.6 Å². The summed E-state index contributed by atoms with van der Waals surface area (Å²) in [6, 6.07) is 4.76. The quantitative estimate of drug-likeness (QED) is 0.129. The Morgan fingerprint density at radius 1 is 0.580 bits per heavy atom. The second-order valence-corrected chi connectivity index (χ2v) is 14.9. The van der Waals surface area contributed by atoms with Crippen molar-refractivity contribution in [2.45, 2.75) is 131 Å². The Bertz CT molecular complexity index is 1340. The number of carbonyl (C=O) groups is 4. The number of alkyl carbamates (subject to hydrolysis) is 2. The van der Waals surface area contributed by atoms with E-state index in [1.54, 1.807) is 65.8 Å². The SMILES string of the molecule is Cc1cc(O)cc(C)c1C[C@H](NC(=O)OC(C)(C)C)C(=O)NCCCCCCNC(=O)[C@H](Cc1c(C)cc(O)cc1C)NC(=O)OC(C)(C)C. The summed E-state index contributed by atoms with van der Waals surface area (Å²) in [6.45, 7) is 18.7. The predicted molar refractivity (Wildman–Crippen MR) is 193 cm³/mol. The highest BCUT2D eigenvalue weighted by Crippen LogP contribution is 2.24. The molecule has 0 aliphatic heterocycles. The number of aromatic hydroxyl groups is 2. The summed E-state index contributed by atoms with van der Waals surface area (Å²) in [5.74, 6) is -0.392. The molecule has 0 aliphatic rings. The molecule has 0 bridgehead atoms. The molecule has 50 heavy (non-hydrogen) atoms. The normalized spacial score (nSPS) is 12.8. The summed E-state index contributed by atoms with van der Waals surface area (Å²) in [4.78, 5) is 51.6. The van der Waals surface area contributed by atoms with Crippen LogP contribution in [0.3, 0.4) is 0 Å². The number of amides is 4. The van der Waals surface area contributed by atoms with Crippen molar-refractivity contribution in [2.24, 2.45) is 0 Å². The second-order valence-electron chi connectivity index (χ2n) is 14.9. The number of ether oxygens (including phenoxy) is 2. The zero-order valence-electron chi connectivity index (χ0n) is 31.5. The summed E-state index contributed by atoms with van der Waals surface area (Å²) in [7, 11) is 0. The van der Waals surface area contributed by atoms with Crippen LogP contribution < -0.4 is 21.3 Å². The number of unbranched alkanes of at least 4 members (excludes halogenated alkanes) is 3. The smallest absolute Gasteiger partial charge is 0.408 e. The van der Waals surface area contributed by atoms with Gasteiger partial charge in [0.15, 0.2) is 0 Å². The molecule has 0 spiro atoms. The van der Waals surface area contributed by atoms with E-state index < -0.39 is 35.5 Å². The van der Waals surface area contributed by atoms with Crippen LogP contribution in [0.4, 0.5) is 9.59 Å². The van der Waals surface area contributed by atoms with E-state index in [2.05, 4.69) is 21.3 Å². The number of carbonyl (C=O) groups excluding carboxylic acids is 4. The zero-order chi connectivity index (χ0) is 37.8. The van der Waals surface area contributed by atoms with E-state index >= 15 is 0 Å². The van der Waals surface area contributed by atoms with Gasteiger partial charge in [-0.1, -0.05) is 12.8 Å². The Hall–Kier alpha value is -4.48. The van der Waals surface area contributed by atoms with Gasteiger partial charge in [0, 0.05) is 25.9 Å². The van der Waals surface area contributed by atoms with Crippen LogP contribution in [0.1, 0.15) is 101 Å². The molecule has 0 heterocycles. The van der Waals surface area contributed by atoms with E-state index in [0.29, 0.717) is 25.9 Å². The molecule has 12 heteroatoms. The van der Waals surface area contributed by atoms with Crippen molar-refractivity contribution in [3.8, 4) is 11.5 Å². The van der Waals surface area contributed by atoms with Crippen molar-refractivity contribution in [1.29, 1.82) is 0 Å². The third kappa shape index (κ3) is 15.0. The monoisotopic (exact) mass is 698 g/mol. The van der Waals surface area contributed by atoms with Crippen molar-refractivity contribution >= 4 is 24.0 Å². The van der Waals surface area contributed by atoms with Gasteiger partial charge in [0.1, 0.15) is 34.8 Å². The lowest BCUT2D eigenvalue weighted by Gasteiger charge is -2.24.